The summed E-state index contributed by atoms with van der Waals surface area (Å²) in [5, 5.41) is 3.77. The molecule has 0 aromatic heterocycles. The maximum Gasteiger partial charge on any atom is 0.265 e. The number of anilines is 1. The summed E-state index contributed by atoms with van der Waals surface area (Å²) in [6.45, 7) is 5.52. The molecule has 3 rings (SSSR count). The van der Waals surface area contributed by atoms with Gasteiger partial charge in [0.25, 0.3) is 5.91 Å². The number of carbonyl (C=O) groups is 1. The average Bonchev–Trinajstić information content (AvgIpc) is 2.61. The van der Waals surface area contributed by atoms with Gasteiger partial charge in [0, 0.05) is 19.6 Å². The van der Waals surface area contributed by atoms with Crippen molar-refractivity contribution in [3.05, 3.63) is 24.3 Å². The zero-order valence-corrected chi connectivity index (χ0v) is 14.0. The molecule has 1 atom stereocenters. The molecular formula is C16H21N3O3S. The van der Waals surface area contributed by atoms with Crippen molar-refractivity contribution >= 4 is 28.9 Å². The van der Waals surface area contributed by atoms with E-state index in [0.29, 0.717) is 43.7 Å². The van der Waals surface area contributed by atoms with E-state index in [-0.39, 0.29) is 5.91 Å². The SMILES string of the molecule is CCNC(=S)N1C[C@H](C(=O)N2CCOCC2)Oc2ccccc21. The first-order chi connectivity index (χ1) is 11.2. The van der Waals surface area contributed by atoms with Gasteiger partial charge in [0.2, 0.25) is 0 Å². The normalized spacial score (nSPS) is 20.5. The quantitative estimate of drug-likeness (QED) is 0.814. The first-order valence-electron chi connectivity index (χ1n) is 7.88. The lowest BCUT2D eigenvalue weighted by Gasteiger charge is -2.38. The summed E-state index contributed by atoms with van der Waals surface area (Å²) < 4.78 is 11.3. The Kier molecular flexibility index (Phi) is 4.97. The molecule has 1 N–H and O–H groups in total. The van der Waals surface area contributed by atoms with Gasteiger partial charge in [-0.3, -0.25) is 4.79 Å². The van der Waals surface area contributed by atoms with Crippen molar-refractivity contribution in [3.8, 4) is 5.75 Å². The Morgan fingerprint density at radius 3 is 2.83 bits per heavy atom. The number of thiocarbonyl (C=S) groups is 1. The van der Waals surface area contributed by atoms with Crippen LogP contribution < -0.4 is 15.0 Å². The molecule has 0 radical (unpaired) electrons. The van der Waals surface area contributed by atoms with Crippen LogP contribution >= 0.6 is 12.2 Å². The summed E-state index contributed by atoms with van der Waals surface area (Å²) in [7, 11) is 0. The van der Waals surface area contributed by atoms with Crippen molar-refractivity contribution < 1.29 is 14.3 Å². The highest BCUT2D eigenvalue weighted by Crippen LogP contribution is 2.33. The number of fused-ring (bicyclic) bond motifs is 1. The van der Waals surface area contributed by atoms with Crippen LogP contribution in [0.2, 0.25) is 0 Å². The van der Waals surface area contributed by atoms with Gasteiger partial charge in [-0.15, -0.1) is 0 Å². The highest BCUT2D eigenvalue weighted by atomic mass is 32.1. The fraction of sp³-hybridized carbons (Fsp3) is 0.500. The van der Waals surface area contributed by atoms with E-state index in [1.165, 1.54) is 0 Å². The van der Waals surface area contributed by atoms with E-state index in [0.717, 1.165) is 12.2 Å². The van der Waals surface area contributed by atoms with Crippen LogP contribution in [0, 0.1) is 0 Å². The molecule has 0 saturated carbocycles. The molecule has 1 saturated heterocycles. The van der Waals surface area contributed by atoms with Crippen LogP contribution in [0.4, 0.5) is 5.69 Å². The van der Waals surface area contributed by atoms with Crippen LogP contribution in [0.3, 0.4) is 0 Å². The molecule has 0 aliphatic carbocycles. The maximum absolute atomic E-state index is 12.7. The van der Waals surface area contributed by atoms with Crippen molar-refractivity contribution in [2.75, 3.05) is 44.3 Å². The predicted octanol–water partition coefficient (Wildman–Crippen LogP) is 1.01. The lowest BCUT2D eigenvalue weighted by atomic mass is 10.1. The van der Waals surface area contributed by atoms with Crippen LogP contribution in [0.15, 0.2) is 24.3 Å². The Bertz CT molecular complexity index is 590. The molecule has 124 valence electrons. The number of para-hydroxylation sites is 2. The van der Waals surface area contributed by atoms with Crippen molar-refractivity contribution in [2.45, 2.75) is 13.0 Å². The number of rotatable bonds is 2. The summed E-state index contributed by atoms with van der Waals surface area (Å²) in [6.07, 6.45) is -0.556. The van der Waals surface area contributed by atoms with E-state index < -0.39 is 6.10 Å². The lowest BCUT2D eigenvalue weighted by Crippen LogP contribution is -2.55. The first kappa shape index (κ1) is 16.0. The summed E-state index contributed by atoms with van der Waals surface area (Å²) in [5.74, 6) is 0.678. The molecule has 23 heavy (non-hydrogen) atoms. The van der Waals surface area contributed by atoms with Gasteiger partial charge in [-0.05, 0) is 31.3 Å². The molecule has 1 fully saturated rings. The minimum absolute atomic E-state index is 0.00731. The highest BCUT2D eigenvalue weighted by Gasteiger charge is 2.35. The van der Waals surface area contributed by atoms with Crippen LogP contribution in [-0.2, 0) is 9.53 Å². The van der Waals surface area contributed by atoms with Crippen molar-refractivity contribution in [2.24, 2.45) is 0 Å². The summed E-state index contributed by atoms with van der Waals surface area (Å²) >= 11 is 5.46. The molecule has 2 aliphatic rings. The van der Waals surface area contributed by atoms with Gasteiger partial charge in [0.05, 0.1) is 25.4 Å². The molecule has 1 aromatic rings. The average molecular weight is 335 g/mol. The monoisotopic (exact) mass is 335 g/mol. The topological polar surface area (TPSA) is 54.0 Å². The molecule has 2 aliphatic heterocycles. The third-order valence-corrected chi connectivity index (χ3v) is 4.31. The van der Waals surface area contributed by atoms with Gasteiger partial charge < -0.3 is 24.6 Å². The van der Waals surface area contributed by atoms with E-state index >= 15 is 0 Å². The highest BCUT2D eigenvalue weighted by molar-refractivity contribution is 7.80. The second-order valence-corrected chi connectivity index (χ2v) is 5.84. The van der Waals surface area contributed by atoms with Crippen LogP contribution in [0.25, 0.3) is 0 Å². The maximum atomic E-state index is 12.7. The Morgan fingerprint density at radius 1 is 1.35 bits per heavy atom. The number of nitrogens with zero attached hydrogens (tertiary/aromatic N) is 2. The molecular weight excluding hydrogens is 314 g/mol. The smallest absolute Gasteiger partial charge is 0.265 e. The summed E-state index contributed by atoms with van der Waals surface area (Å²) in [4.78, 5) is 16.5. The number of carbonyl (C=O) groups excluding carboxylic acids is 1. The Morgan fingerprint density at radius 2 is 2.09 bits per heavy atom. The Labute approximate surface area is 141 Å². The standard InChI is InChI=1S/C16H21N3O3S/c1-2-17-16(23)19-11-14(15(20)18-7-9-21-10-8-18)22-13-6-4-3-5-12(13)19/h3-6,14H,2,7-11H2,1H3,(H,17,23)/t14-/m1/s1. The molecule has 0 spiro atoms. The number of morpholine rings is 1. The molecule has 1 aromatic carbocycles. The van der Waals surface area contributed by atoms with Crippen molar-refractivity contribution in [1.29, 1.82) is 0 Å². The van der Waals surface area contributed by atoms with Gasteiger partial charge in [-0.25, -0.2) is 0 Å². The van der Waals surface area contributed by atoms with Crippen molar-refractivity contribution in [1.82, 2.24) is 10.2 Å². The summed E-state index contributed by atoms with van der Waals surface area (Å²) in [5.41, 5.74) is 0.893. The molecule has 1 amide bonds. The first-order valence-corrected chi connectivity index (χ1v) is 8.29. The Hall–Kier alpha value is -1.86. The van der Waals surface area contributed by atoms with E-state index in [1.54, 1.807) is 4.90 Å². The van der Waals surface area contributed by atoms with E-state index in [4.69, 9.17) is 21.7 Å². The zero-order chi connectivity index (χ0) is 16.2. The molecule has 6 nitrogen and oxygen atoms in total. The van der Waals surface area contributed by atoms with Crippen molar-refractivity contribution in [3.63, 3.8) is 0 Å². The number of nitrogens with one attached hydrogen (secondary N) is 1. The van der Waals surface area contributed by atoms with Gasteiger partial charge >= 0.3 is 0 Å². The third kappa shape index (κ3) is 3.40. The molecule has 0 unspecified atom stereocenters. The predicted molar refractivity (Wildman–Crippen MR) is 91.9 cm³/mol. The molecule has 7 heteroatoms. The van der Waals surface area contributed by atoms with Gasteiger partial charge in [-0.1, -0.05) is 12.1 Å². The Balaban J connectivity index is 1.81. The minimum Gasteiger partial charge on any atom is -0.476 e. The zero-order valence-electron chi connectivity index (χ0n) is 13.2. The van der Waals surface area contributed by atoms with Crippen LogP contribution in [0.5, 0.6) is 5.75 Å². The number of benzene rings is 1. The van der Waals surface area contributed by atoms with E-state index in [1.807, 2.05) is 36.1 Å². The second-order valence-electron chi connectivity index (χ2n) is 5.46. The minimum atomic E-state index is -0.556. The molecule has 2 heterocycles. The number of hydrogen-bond acceptors (Lipinski definition) is 4. The second kappa shape index (κ2) is 7.14. The van der Waals surface area contributed by atoms with Crippen LogP contribution in [-0.4, -0.2) is 61.4 Å². The van der Waals surface area contributed by atoms with E-state index in [2.05, 4.69) is 5.32 Å². The fourth-order valence-corrected chi connectivity index (χ4v) is 3.11. The lowest BCUT2D eigenvalue weighted by molar-refractivity contribution is -0.142. The molecule has 0 bridgehead atoms. The van der Waals surface area contributed by atoms with Gasteiger partial charge in [0.1, 0.15) is 5.75 Å². The number of ether oxygens (including phenoxy) is 2. The van der Waals surface area contributed by atoms with Gasteiger partial charge in [0.15, 0.2) is 11.2 Å². The van der Waals surface area contributed by atoms with E-state index in [9.17, 15) is 4.79 Å². The third-order valence-electron chi connectivity index (χ3n) is 3.95. The number of amides is 1. The fourth-order valence-electron chi connectivity index (χ4n) is 2.79. The largest absolute Gasteiger partial charge is 0.476 e. The summed E-state index contributed by atoms with van der Waals surface area (Å²) in [6, 6.07) is 7.66. The number of hydrogen-bond donors (Lipinski definition) is 1. The van der Waals surface area contributed by atoms with Crippen LogP contribution in [0.1, 0.15) is 6.92 Å². The van der Waals surface area contributed by atoms with Gasteiger partial charge in [-0.2, -0.15) is 0 Å².